The number of unbranched alkanes of at least 4 members (excludes halogenated alkanes) is 36. The molecule has 0 bridgehead atoms. The van der Waals surface area contributed by atoms with Crippen LogP contribution in [-0.4, -0.2) is 37.2 Å². The second-order valence-corrected chi connectivity index (χ2v) is 20.9. The van der Waals surface area contributed by atoms with E-state index >= 15 is 0 Å². The van der Waals surface area contributed by atoms with E-state index < -0.39 is 6.10 Å². The van der Waals surface area contributed by atoms with Gasteiger partial charge in [-0.2, -0.15) is 0 Å². The molecule has 0 aliphatic heterocycles. The lowest BCUT2D eigenvalue weighted by molar-refractivity contribution is -0.167. The van der Waals surface area contributed by atoms with E-state index in [9.17, 15) is 14.4 Å². The minimum absolute atomic E-state index is 0.0778. The van der Waals surface area contributed by atoms with Gasteiger partial charge in [-0.3, -0.25) is 14.4 Å². The molecule has 6 nitrogen and oxygen atoms in total. The number of carbonyl (C=O) groups excluding carboxylic acids is 3. The maximum absolute atomic E-state index is 12.9. The summed E-state index contributed by atoms with van der Waals surface area (Å²) in [5.41, 5.74) is 0. The summed E-state index contributed by atoms with van der Waals surface area (Å²) < 4.78 is 16.9. The van der Waals surface area contributed by atoms with Crippen LogP contribution in [0.3, 0.4) is 0 Å². The van der Waals surface area contributed by atoms with Gasteiger partial charge in [0.05, 0.1) is 0 Å². The minimum Gasteiger partial charge on any atom is -0.462 e. The number of hydrogen-bond donors (Lipinski definition) is 0. The number of ether oxygens (including phenoxy) is 3. The standard InChI is InChI=1S/C66H118O6/c1-4-7-10-13-16-19-22-25-28-31-32-33-34-36-38-41-44-47-50-53-56-59-65(68)71-62-63(61-70-64(67)58-55-52-49-46-43-40-37-30-27-24-21-18-15-12-9-6-3)72-66(69)60-57-54-51-48-45-42-39-35-29-26-23-20-17-14-11-8-5-2/h7,10,16,19,25,28,30,32-33,37,63H,4-6,8-9,11-15,17-18,20-24,26-27,29,31,34-36,38-62H2,1-3H3/b10-7-,19-16-,28-25-,33-32-,37-30-. The number of carbonyl (C=O) groups is 3. The molecule has 0 aromatic heterocycles. The maximum Gasteiger partial charge on any atom is 0.306 e. The van der Waals surface area contributed by atoms with Crippen LogP contribution >= 0.6 is 0 Å². The fraction of sp³-hybridized carbons (Fsp3) is 0.803. The third-order valence-corrected chi connectivity index (χ3v) is 13.8. The Kier molecular flexibility index (Phi) is 58.2. The summed E-state index contributed by atoms with van der Waals surface area (Å²) in [7, 11) is 0. The predicted molar refractivity (Wildman–Crippen MR) is 312 cm³/mol. The molecule has 0 spiro atoms. The second-order valence-electron chi connectivity index (χ2n) is 20.9. The Balaban J connectivity index is 4.36. The molecule has 0 saturated heterocycles. The Morgan fingerprint density at radius 1 is 0.292 bits per heavy atom. The van der Waals surface area contributed by atoms with E-state index in [4.69, 9.17) is 14.2 Å². The van der Waals surface area contributed by atoms with Crippen molar-refractivity contribution in [3.63, 3.8) is 0 Å². The first kappa shape index (κ1) is 69.1. The molecule has 0 aromatic carbocycles. The molecule has 0 aromatic rings. The molecule has 1 atom stereocenters. The highest BCUT2D eigenvalue weighted by molar-refractivity contribution is 5.71. The average molecular weight is 1010 g/mol. The van der Waals surface area contributed by atoms with Crippen molar-refractivity contribution in [1.29, 1.82) is 0 Å². The van der Waals surface area contributed by atoms with Crippen molar-refractivity contribution in [2.75, 3.05) is 13.2 Å². The van der Waals surface area contributed by atoms with Crippen molar-refractivity contribution in [2.45, 2.75) is 329 Å². The van der Waals surface area contributed by atoms with Crippen LogP contribution in [0, 0.1) is 0 Å². The zero-order valence-electron chi connectivity index (χ0n) is 47.9. The lowest BCUT2D eigenvalue weighted by atomic mass is 10.0. The predicted octanol–water partition coefficient (Wildman–Crippen LogP) is 21.2. The van der Waals surface area contributed by atoms with Gasteiger partial charge in [-0.1, -0.05) is 281 Å². The van der Waals surface area contributed by atoms with Gasteiger partial charge in [0.15, 0.2) is 6.10 Å². The fourth-order valence-electron chi connectivity index (χ4n) is 9.08. The van der Waals surface area contributed by atoms with Crippen LogP contribution in [0.15, 0.2) is 60.8 Å². The van der Waals surface area contributed by atoms with Crippen LogP contribution in [0.25, 0.3) is 0 Å². The third-order valence-electron chi connectivity index (χ3n) is 13.8. The zero-order valence-corrected chi connectivity index (χ0v) is 47.9. The molecule has 0 aliphatic carbocycles. The Morgan fingerprint density at radius 2 is 0.542 bits per heavy atom. The number of esters is 3. The summed E-state index contributed by atoms with van der Waals surface area (Å²) >= 11 is 0. The topological polar surface area (TPSA) is 78.9 Å². The van der Waals surface area contributed by atoms with E-state index in [1.54, 1.807) is 0 Å². The highest BCUT2D eigenvalue weighted by Gasteiger charge is 2.19. The molecule has 0 fully saturated rings. The molecule has 0 saturated carbocycles. The van der Waals surface area contributed by atoms with Crippen LogP contribution in [0.5, 0.6) is 0 Å². The van der Waals surface area contributed by atoms with E-state index in [0.717, 1.165) is 96.3 Å². The first-order chi connectivity index (χ1) is 35.5. The van der Waals surface area contributed by atoms with Gasteiger partial charge in [-0.25, -0.2) is 0 Å². The Morgan fingerprint density at radius 3 is 0.861 bits per heavy atom. The van der Waals surface area contributed by atoms with Crippen molar-refractivity contribution < 1.29 is 28.6 Å². The molecule has 0 N–H and O–H groups in total. The Hall–Kier alpha value is -2.89. The lowest BCUT2D eigenvalue weighted by Gasteiger charge is -2.18. The highest BCUT2D eigenvalue weighted by atomic mass is 16.6. The molecular weight excluding hydrogens is 889 g/mol. The van der Waals surface area contributed by atoms with Crippen molar-refractivity contribution in [3.8, 4) is 0 Å². The number of allylic oxidation sites excluding steroid dienone is 10. The summed E-state index contributed by atoms with van der Waals surface area (Å²) in [5.74, 6) is -0.875. The summed E-state index contributed by atoms with van der Waals surface area (Å²) in [6.07, 6.45) is 76.4. The first-order valence-corrected chi connectivity index (χ1v) is 31.3. The van der Waals surface area contributed by atoms with Crippen molar-refractivity contribution >= 4 is 17.9 Å². The molecule has 0 radical (unpaired) electrons. The smallest absolute Gasteiger partial charge is 0.306 e. The van der Waals surface area contributed by atoms with Gasteiger partial charge in [0.2, 0.25) is 0 Å². The zero-order chi connectivity index (χ0) is 52.2. The van der Waals surface area contributed by atoms with Gasteiger partial charge in [0.1, 0.15) is 13.2 Å². The molecule has 1 unspecified atom stereocenters. The highest BCUT2D eigenvalue weighted by Crippen LogP contribution is 2.17. The molecule has 0 rings (SSSR count). The van der Waals surface area contributed by atoms with E-state index in [1.165, 1.54) is 186 Å². The Labute approximate surface area is 447 Å². The molecule has 418 valence electrons. The number of rotatable bonds is 57. The minimum atomic E-state index is -0.780. The lowest BCUT2D eigenvalue weighted by Crippen LogP contribution is -2.30. The summed E-state index contributed by atoms with van der Waals surface area (Å²) in [4.78, 5) is 38.3. The van der Waals surface area contributed by atoms with Gasteiger partial charge in [0, 0.05) is 19.3 Å². The molecule has 6 heteroatoms. The largest absolute Gasteiger partial charge is 0.462 e. The van der Waals surface area contributed by atoms with E-state index in [-0.39, 0.29) is 31.1 Å². The monoisotopic (exact) mass is 1010 g/mol. The van der Waals surface area contributed by atoms with Gasteiger partial charge < -0.3 is 14.2 Å². The van der Waals surface area contributed by atoms with Crippen molar-refractivity contribution in [2.24, 2.45) is 0 Å². The van der Waals surface area contributed by atoms with Gasteiger partial charge in [0.25, 0.3) is 0 Å². The van der Waals surface area contributed by atoms with Gasteiger partial charge >= 0.3 is 17.9 Å². The molecular formula is C66H118O6. The normalized spacial score (nSPS) is 12.4. The van der Waals surface area contributed by atoms with Crippen LogP contribution < -0.4 is 0 Å². The van der Waals surface area contributed by atoms with E-state index in [0.29, 0.717) is 19.3 Å². The van der Waals surface area contributed by atoms with Crippen LogP contribution in [-0.2, 0) is 28.6 Å². The SMILES string of the molecule is CC/C=C\C/C=C\C/C=C\C/C=C\CCCCCCCCCCC(=O)OCC(COC(=O)CCCCCCC/C=C\CCCCCCCCC)OC(=O)CCCCCCCCCCCCCCCCCCC. The van der Waals surface area contributed by atoms with Crippen LogP contribution in [0.1, 0.15) is 323 Å². The first-order valence-electron chi connectivity index (χ1n) is 31.3. The summed E-state index contributed by atoms with van der Waals surface area (Å²) in [6.45, 7) is 6.56. The van der Waals surface area contributed by atoms with Crippen molar-refractivity contribution in [1.82, 2.24) is 0 Å². The van der Waals surface area contributed by atoms with Gasteiger partial charge in [-0.05, 0) is 83.5 Å². The maximum atomic E-state index is 12.9. The van der Waals surface area contributed by atoms with Crippen LogP contribution in [0.2, 0.25) is 0 Å². The molecule has 0 heterocycles. The average Bonchev–Trinajstić information content (AvgIpc) is 3.38. The summed E-state index contributed by atoms with van der Waals surface area (Å²) in [6, 6.07) is 0. The molecule has 0 amide bonds. The van der Waals surface area contributed by atoms with Crippen LogP contribution in [0.4, 0.5) is 0 Å². The second kappa shape index (κ2) is 60.7. The number of hydrogen-bond acceptors (Lipinski definition) is 6. The van der Waals surface area contributed by atoms with E-state index in [1.807, 2.05) is 0 Å². The van der Waals surface area contributed by atoms with E-state index in [2.05, 4.69) is 81.5 Å². The fourth-order valence-corrected chi connectivity index (χ4v) is 9.08. The molecule has 0 aliphatic rings. The quantitative estimate of drug-likeness (QED) is 0.0261. The third kappa shape index (κ3) is 58.0. The van der Waals surface area contributed by atoms with Crippen molar-refractivity contribution in [3.05, 3.63) is 60.8 Å². The summed E-state index contributed by atoms with van der Waals surface area (Å²) in [5, 5.41) is 0. The Bertz CT molecular complexity index is 1290. The molecule has 72 heavy (non-hydrogen) atoms. The van der Waals surface area contributed by atoms with Gasteiger partial charge in [-0.15, -0.1) is 0 Å².